The minimum Gasteiger partial charge on any atom is -0.497 e. The predicted molar refractivity (Wildman–Crippen MR) is 47.6 cm³/mol. The topological polar surface area (TPSA) is 33.0 Å². The van der Waals surface area contributed by atoms with Gasteiger partial charge in [0.05, 0.1) is 13.2 Å². The Morgan fingerprint density at radius 3 is 3.00 bits per heavy atom. The molecule has 60 valence electrons. The molecule has 0 N–H and O–H groups in total. The Labute approximate surface area is 71.7 Å². The summed E-state index contributed by atoms with van der Waals surface area (Å²) in [6.07, 6.45) is 3.18. The molecule has 0 aliphatic heterocycles. The van der Waals surface area contributed by atoms with E-state index in [9.17, 15) is 0 Å². The minimum atomic E-state index is 0.801. The first kappa shape index (κ1) is 8.35. The van der Waals surface area contributed by atoms with Crippen LogP contribution in [-0.4, -0.2) is 7.11 Å². The van der Waals surface area contributed by atoms with Gasteiger partial charge in [0.15, 0.2) is 0 Å². The maximum atomic E-state index is 8.29. The molecule has 0 spiro atoms. The SMILES string of the molecule is COc1cccc(/C=C\C#N)c1. The van der Waals surface area contributed by atoms with E-state index in [0.717, 1.165) is 11.3 Å². The second-order valence-corrected chi connectivity index (χ2v) is 2.24. The molecule has 0 saturated heterocycles. The van der Waals surface area contributed by atoms with E-state index in [2.05, 4.69) is 0 Å². The Kier molecular flexibility index (Phi) is 2.92. The van der Waals surface area contributed by atoms with Crippen molar-refractivity contribution in [1.29, 1.82) is 5.26 Å². The van der Waals surface area contributed by atoms with Gasteiger partial charge < -0.3 is 4.74 Å². The van der Waals surface area contributed by atoms with Crippen LogP contribution in [0.3, 0.4) is 0 Å². The number of rotatable bonds is 2. The summed E-state index contributed by atoms with van der Waals surface area (Å²) in [4.78, 5) is 0. The molecule has 1 aromatic rings. The van der Waals surface area contributed by atoms with Gasteiger partial charge in [-0.2, -0.15) is 5.26 Å². The van der Waals surface area contributed by atoms with Gasteiger partial charge in [0, 0.05) is 6.08 Å². The van der Waals surface area contributed by atoms with Crippen molar-refractivity contribution in [1.82, 2.24) is 0 Å². The minimum absolute atomic E-state index is 0.801. The highest BCUT2D eigenvalue weighted by atomic mass is 16.5. The van der Waals surface area contributed by atoms with Crippen molar-refractivity contribution in [2.24, 2.45) is 0 Å². The lowest BCUT2D eigenvalue weighted by Gasteiger charge is -1.98. The van der Waals surface area contributed by atoms with Gasteiger partial charge in [-0.15, -0.1) is 0 Å². The normalized spacial score (nSPS) is 9.67. The van der Waals surface area contributed by atoms with Crippen LogP contribution in [0.1, 0.15) is 5.56 Å². The van der Waals surface area contributed by atoms with Crippen LogP contribution in [0, 0.1) is 11.3 Å². The van der Waals surface area contributed by atoms with Crippen LogP contribution in [-0.2, 0) is 0 Å². The molecule has 0 bridgehead atoms. The van der Waals surface area contributed by atoms with Gasteiger partial charge >= 0.3 is 0 Å². The number of benzene rings is 1. The highest BCUT2D eigenvalue weighted by molar-refractivity contribution is 5.53. The predicted octanol–water partition coefficient (Wildman–Crippen LogP) is 2.23. The molecule has 0 amide bonds. The van der Waals surface area contributed by atoms with Gasteiger partial charge in [0.2, 0.25) is 0 Å². The first-order valence-electron chi connectivity index (χ1n) is 3.57. The van der Waals surface area contributed by atoms with Crippen molar-refractivity contribution in [2.75, 3.05) is 7.11 Å². The Morgan fingerprint density at radius 1 is 1.50 bits per heavy atom. The molecule has 0 aliphatic carbocycles. The maximum Gasteiger partial charge on any atom is 0.119 e. The summed E-state index contributed by atoms with van der Waals surface area (Å²) < 4.78 is 5.02. The van der Waals surface area contributed by atoms with Gasteiger partial charge in [-0.25, -0.2) is 0 Å². The average Bonchev–Trinajstić information content (AvgIpc) is 2.15. The third-order valence-corrected chi connectivity index (χ3v) is 1.44. The van der Waals surface area contributed by atoms with Crippen molar-refractivity contribution in [3.8, 4) is 11.8 Å². The number of nitrogens with zero attached hydrogens (tertiary/aromatic N) is 1. The number of hydrogen-bond donors (Lipinski definition) is 0. The lowest BCUT2D eigenvalue weighted by Crippen LogP contribution is -1.81. The smallest absolute Gasteiger partial charge is 0.119 e. The Morgan fingerprint density at radius 2 is 2.33 bits per heavy atom. The van der Waals surface area contributed by atoms with E-state index in [4.69, 9.17) is 10.00 Å². The second-order valence-electron chi connectivity index (χ2n) is 2.24. The zero-order chi connectivity index (χ0) is 8.81. The summed E-state index contributed by atoms with van der Waals surface area (Å²) in [7, 11) is 1.62. The fourth-order valence-corrected chi connectivity index (χ4v) is 0.879. The standard InChI is InChI=1S/C10H9NO/c1-12-10-6-2-4-9(8-10)5-3-7-11/h2-6,8H,1H3/b5-3-. The number of nitriles is 1. The first-order chi connectivity index (χ1) is 5.86. The average molecular weight is 159 g/mol. The fraction of sp³-hybridized carbons (Fsp3) is 0.100. The summed E-state index contributed by atoms with van der Waals surface area (Å²) in [6.45, 7) is 0. The molecule has 1 rings (SSSR count). The van der Waals surface area contributed by atoms with Crippen LogP contribution in [0.4, 0.5) is 0 Å². The number of hydrogen-bond acceptors (Lipinski definition) is 2. The van der Waals surface area contributed by atoms with Crippen molar-refractivity contribution in [3.05, 3.63) is 35.9 Å². The van der Waals surface area contributed by atoms with Gasteiger partial charge in [0.1, 0.15) is 5.75 Å². The highest BCUT2D eigenvalue weighted by Gasteiger charge is 1.89. The second kappa shape index (κ2) is 4.20. The van der Waals surface area contributed by atoms with Gasteiger partial charge in [0.25, 0.3) is 0 Å². The summed E-state index contributed by atoms with van der Waals surface area (Å²) in [5, 5.41) is 8.29. The molecule has 0 heterocycles. The molecular formula is C10H9NO. The fourth-order valence-electron chi connectivity index (χ4n) is 0.879. The molecule has 0 unspecified atom stereocenters. The Bertz CT molecular complexity index is 323. The zero-order valence-corrected chi connectivity index (χ0v) is 6.82. The molecule has 12 heavy (non-hydrogen) atoms. The summed E-state index contributed by atoms with van der Waals surface area (Å²) >= 11 is 0. The molecule has 0 atom stereocenters. The van der Waals surface area contributed by atoms with Gasteiger partial charge in [-0.05, 0) is 23.8 Å². The van der Waals surface area contributed by atoms with E-state index in [-0.39, 0.29) is 0 Å². The first-order valence-corrected chi connectivity index (χ1v) is 3.57. The van der Waals surface area contributed by atoms with Crippen LogP contribution in [0.5, 0.6) is 5.75 Å². The quantitative estimate of drug-likeness (QED) is 0.620. The van der Waals surface area contributed by atoms with Gasteiger partial charge in [-0.1, -0.05) is 12.1 Å². The maximum absolute atomic E-state index is 8.29. The highest BCUT2D eigenvalue weighted by Crippen LogP contribution is 2.13. The lowest BCUT2D eigenvalue weighted by atomic mass is 10.2. The molecule has 2 nitrogen and oxygen atoms in total. The molecule has 0 saturated carbocycles. The van der Waals surface area contributed by atoms with Crippen molar-refractivity contribution in [3.63, 3.8) is 0 Å². The van der Waals surface area contributed by atoms with Crippen molar-refractivity contribution in [2.45, 2.75) is 0 Å². The van der Waals surface area contributed by atoms with Crippen LogP contribution < -0.4 is 4.74 Å². The van der Waals surface area contributed by atoms with E-state index in [0.29, 0.717) is 0 Å². The third kappa shape index (κ3) is 2.14. The largest absolute Gasteiger partial charge is 0.497 e. The molecule has 0 aliphatic rings. The van der Waals surface area contributed by atoms with Gasteiger partial charge in [-0.3, -0.25) is 0 Å². The summed E-state index contributed by atoms with van der Waals surface area (Å²) in [6, 6.07) is 9.46. The number of methoxy groups -OCH3 is 1. The van der Waals surface area contributed by atoms with Crippen LogP contribution >= 0.6 is 0 Å². The van der Waals surface area contributed by atoms with E-state index >= 15 is 0 Å². The van der Waals surface area contributed by atoms with E-state index in [1.165, 1.54) is 6.08 Å². The number of ether oxygens (including phenoxy) is 1. The van der Waals surface area contributed by atoms with E-state index < -0.39 is 0 Å². The molecule has 0 fully saturated rings. The number of allylic oxidation sites excluding steroid dienone is 1. The lowest BCUT2D eigenvalue weighted by molar-refractivity contribution is 0.414. The third-order valence-electron chi connectivity index (χ3n) is 1.44. The summed E-state index contributed by atoms with van der Waals surface area (Å²) in [5.74, 6) is 0.801. The molecule has 2 heteroatoms. The van der Waals surface area contributed by atoms with Crippen LogP contribution in [0.25, 0.3) is 6.08 Å². The van der Waals surface area contributed by atoms with E-state index in [1.54, 1.807) is 13.2 Å². The molecule has 0 radical (unpaired) electrons. The molecule has 0 aromatic heterocycles. The molecule has 1 aromatic carbocycles. The molecular weight excluding hydrogens is 150 g/mol. The Balaban J connectivity index is 2.88. The van der Waals surface area contributed by atoms with E-state index in [1.807, 2.05) is 30.3 Å². The summed E-state index contributed by atoms with van der Waals surface area (Å²) in [5.41, 5.74) is 0.968. The van der Waals surface area contributed by atoms with Crippen LogP contribution in [0.15, 0.2) is 30.3 Å². The van der Waals surface area contributed by atoms with Crippen molar-refractivity contribution < 1.29 is 4.74 Å². The van der Waals surface area contributed by atoms with Crippen LogP contribution in [0.2, 0.25) is 0 Å². The Hall–Kier alpha value is -1.75. The monoisotopic (exact) mass is 159 g/mol. The zero-order valence-electron chi connectivity index (χ0n) is 6.82. The van der Waals surface area contributed by atoms with Crippen molar-refractivity contribution >= 4 is 6.08 Å².